The van der Waals surface area contributed by atoms with Crippen molar-refractivity contribution in [3.63, 3.8) is 0 Å². The number of hydrogen-bond acceptors (Lipinski definition) is 7. The van der Waals surface area contributed by atoms with Crippen LogP contribution in [0.2, 0.25) is 0 Å². The molecule has 6 atom stereocenters. The molecule has 3 N–H and O–H groups in total. The van der Waals surface area contributed by atoms with Crippen LogP contribution in [0, 0.1) is 0 Å². The second kappa shape index (κ2) is 7.54. The lowest BCUT2D eigenvalue weighted by Crippen LogP contribution is -2.82. The Morgan fingerprint density at radius 3 is 2.94 bits per heavy atom. The molecular weight excluding hydrogens is 520 g/mol. The molecule has 1 aromatic heterocycles. The maximum Gasteiger partial charge on any atom is 0.246 e. The predicted molar refractivity (Wildman–Crippen MR) is 132 cm³/mol. The number of nitrogens with zero attached hydrogens (tertiary/aromatic N) is 2. The molecule has 34 heavy (non-hydrogen) atoms. The zero-order chi connectivity index (χ0) is 24.0. The quantitative estimate of drug-likeness (QED) is 0.512. The molecular formula is C25H27BrN2O5S. The van der Waals surface area contributed by atoms with Gasteiger partial charge in [-0.2, -0.15) is 0 Å². The van der Waals surface area contributed by atoms with Gasteiger partial charge in [0.25, 0.3) is 0 Å². The number of thiophene rings is 1. The van der Waals surface area contributed by atoms with Crippen LogP contribution in [-0.2, 0) is 16.6 Å². The van der Waals surface area contributed by atoms with Crippen LogP contribution in [0.25, 0.3) is 6.08 Å². The van der Waals surface area contributed by atoms with Gasteiger partial charge in [-0.1, -0.05) is 6.07 Å². The summed E-state index contributed by atoms with van der Waals surface area (Å²) in [5.41, 5.74) is -0.629. The van der Waals surface area contributed by atoms with Crippen LogP contribution < -0.4 is 4.74 Å². The summed E-state index contributed by atoms with van der Waals surface area (Å²) >= 11 is 4.97. The second-order valence-electron chi connectivity index (χ2n) is 10.0. The smallest absolute Gasteiger partial charge is 0.246 e. The molecule has 180 valence electrons. The molecule has 1 saturated carbocycles. The first-order valence-corrected chi connectivity index (χ1v) is 13.2. The minimum absolute atomic E-state index is 0.00495. The van der Waals surface area contributed by atoms with Crippen LogP contribution in [0.15, 0.2) is 34.1 Å². The van der Waals surface area contributed by atoms with Crippen molar-refractivity contribution in [2.45, 2.75) is 54.6 Å². The van der Waals surface area contributed by atoms with Crippen molar-refractivity contribution in [1.29, 1.82) is 0 Å². The van der Waals surface area contributed by atoms with Crippen LogP contribution >= 0.6 is 27.3 Å². The van der Waals surface area contributed by atoms with Crippen molar-refractivity contribution < 1.29 is 24.9 Å². The number of piperidine rings is 1. The van der Waals surface area contributed by atoms with E-state index in [1.807, 2.05) is 29.5 Å². The third-order valence-corrected chi connectivity index (χ3v) is 10.2. The number of benzene rings is 1. The topological polar surface area (TPSA) is 93.5 Å². The maximum absolute atomic E-state index is 13.2. The average molecular weight is 547 g/mol. The van der Waals surface area contributed by atoms with Gasteiger partial charge in [0.2, 0.25) is 5.91 Å². The number of aromatic hydroxyl groups is 1. The van der Waals surface area contributed by atoms with Gasteiger partial charge in [-0.15, -0.1) is 11.3 Å². The summed E-state index contributed by atoms with van der Waals surface area (Å²) in [6, 6.07) is 4.90. The van der Waals surface area contributed by atoms with E-state index in [9.17, 15) is 20.1 Å². The molecule has 2 aromatic rings. The Kier molecular flexibility index (Phi) is 5.00. The van der Waals surface area contributed by atoms with Gasteiger partial charge in [-0.3, -0.25) is 9.69 Å². The maximum atomic E-state index is 13.2. The Hall–Kier alpha value is -1.91. The number of rotatable bonds is 3. The van der Waals surface area contributed by atoms with Crippen molar-refractivity contribution in [2.75, 3.05) is 20.6 Å². The highest BCUT2D eigenvalue weighted by molar-refractivity contribution is 9.10. The summed E-state index contributed by atoms with van der Waals surface area (Å²) < 4.78 is 7.39. The molecule has 1 saturated heterocycles. The zero-order valence-corrected chi connectivity index (χ0v) is 21.3. The summed E-state index contributed by atoms with van der Waals surface area (Å²) in [6.07, 6.45) is 3.35. The number of carbonyl (C=O) groups is 1. The standard InChI is InChI=1S/C25H27BrN2O5S/c1-27-11-19(30)25-21-13-3-5-17(29)22(21)33-23(25)16(7-8-24(25,32)18(27)9-13)28(2)20(31)6-4-15-10-14(26)12-34-15/h3-6,10,12,16,18-19,23,29-30,32H,7-9,11H2,1-2H3/b6-4+/t16?,18-,19?,23?,24-,25+/m1/s1. The lowest BCUT2D eigenvalue weighted by atomic mass is 9.47. The summed E-state index contributed by atoms with van der Waals surface area (Å²) in [5, 5.41) is 36.5. The number of carbonyl (C=O) groups excluding carboxylic acids is 1. The fourth-order valence-corrected chi connectivity index (χ4v) is 8.40. The Morgan fingerprint density at radius 1 is 1.41 bits per heavy atom. The molecule has 1 aromatic carbocycles. The molecule has 2 bridgehead atoms. The summed E-state index contributed by atoms with van der Waals surface area (Å²) in [5.74, 6) is 0.176. The zero-order valence-electron chi connectivity index (χ0n) is 18.9. The lowest BCUT2D eigenvalue weighted by Gasteiger charge is -2.65. The largest absolute Gasteiger partial charge is 0.504 e. The van der Waals surface area contributed by atoms with Crippen molar-refractivity contribution in [2.24, 2.45) is 0 Å². The van der Waals surface area contributed by atoms with Crippen molar-refractivity contribution >= 4 is 39.2 Å². The number of amides is 1. The molecule has 6 rings (SSSR count). The van der Waals surface area contributed by atoms with Crippen molar-refractivity contribution in [3.05, 3.63) is 50.1 Å². The first-order valence-electron chi connectivity index (χ1n) is 11.5. The van der Waals surface area contributed by atoms with E-state index in [0.29, 0.717) is 31.6 Å². The highest BCUT2D eigenvalue weighted by Crippen LogP contribution is 2.65. The van der Waals surface area contributed by atoms with Gasteiger partial charge in [0.05, 0.1) is 23.2 Å². The number of aliphatic hydroxyl groups is 2. The fraction of sp³-hybridized carbons (Fsp3) is 0.480. The lowest BCUT2D eigenvalue weighted by molar-refractivity contribution is -0.232. The number of phenols is 1. The van der Waals surface area contributed by atoms with E-state index in [4.69, 9.17) is 4.74 Å². The van der Waals surface area contributed by atoms with Gasteiger partial charge < -0.3 is 25.0 Å². The molecule has 9 heteroatoms. The van der Waals surface area contributed by atoms with Crippen LogP contribution in [-0.4, -0.2) is 81.6 Å². The summed E-state index contributed by atoms with van der Waals surface area (Å²) in [4.78, 5) is 17.9. The number of β-amino-alcohol motifs (C(OH)–C–C–N with tert-alkyl or cyclic N) is 1. The van der Waals surface area contributed by atoms with Crippen LogP contribution in [0.1, 0.15) is 28.8 Å². The third-order valence-electron chi connectivity index (χ3n) is 8.52. The Bertz CT molecular complexity index is 1220. The van der Waals surface area contributed by atoms with Gasteiger partial charge in [-0.25, -0.2) is 0 Å². The van der Waals surface area contributed by atoms with E-state index in [2.05, 4.69) is 15.9 Å². The first kappa shape index (κ1) is 22.5. The van der Waals surface area contributed by atoms with Gasteiger partial charge in [-0.05, 0) is 66.0 Å². The van der Waals surface area contributed by atoms with Crippen molar-refractivity contribution in [3.8, 4) is 11.5 Å². The molecule has 1 spiro atoms. The number of aliphatic hydroxyl groups excluding tert-OH is 1. The van der Waals surface area contributed by atoms with E-state index in [-0.39, 0.29) is 23.7 Å². The molecule has 4 aliphatic rings. The number of ether oxygens (including phenoxy) is 1. The van der Waals surface area contributed by atoms with E-state index in [1.54, 1.807) is 41.5 Å². The van der Waals surface area contributed by atoms with Gasteiger partial charge in [0.1, 0.15) is 6.10 Å². The normalized spacial score (nSPS) is 35.8. The van der Waals surface area contributed by atoms with Gasteiger partial charge in [0, 0.05) is 46.0 Å². The Labute approximate surface area is 210 Å². The predicted octanol–water partition coefficient (Wildman–Crippen LogP) is 2.51. The highest BCUT2D eigenvalue weighted by Gasteiger charge is 2.76. The number of hydrogen-bond donors (Lipinski definition) is 3. The molecule has 2 fully saturated rings. The van der Waals surface area contributed by atoms with E-state index < -0.39 is 23.2 Å². The number of likely N-dealkylation sites (N-methyl/N-ethyl adjacent to an activating group) is 2. The highest BCUT2D eigenvalue weighted by atomic mass is 79.9. The minimum atomic E-state index is -1.23. The van der Waals surface area contributed by atoms with Gasteiger partial charge >= 0.3 is 0 Å². The van der Waals surface area contributed by atoms with Crippen LogP contribution in [0.3, 0.4) is 0 Å². The first-order chi connectivity index (χ1) is 16.2. The van der Waals surface area contributed by atoms with E-state index in [1.165, 1.54) is 0 Å². The molecule has 2 aliphatic carbocycles. The second-order valence-corrected chi connectivity index (χ2v) is 11.9. The summed E-state index contributed by atoms with van der Waals surface area (Å²) in [7, 11) is 3.68. The fourth-order valence-electron chi connectivity index (χ4n) is 7.06. The number of phenolic OH excluding ortho intramolecular Hbond substituents is 1. The van der Waals surface area contributed by atoms with Crippen molar-refractivity contribution in [1.82, 2.24) is 9.80 Å². The molecule has 7 nitrogen and oxygen atoms in total. The van der Waals surface area contributed by atoms with E-state index >= 15 is 0 Å². The van der Waals surface area contributed by atoms with E-state index in [0.717, 1.165) is 20.5 Å². The molecule has 1 amide bonds. The van der Waals surface area contributed by atoms with Crippen LogP contribution in [0.4, 0.5) is 0 Å². The SMILES string of the molecule is CN(C(=O)/C=C/c1cc(Br)cs1)C1CC[C@@]2(O)[C@H]3Cc4ccc(O)c5c4[C@@]2(C(O)CN3C)C1O5. The average Bonchev–Trinajstić information content (AvgIpc) is 3.38. The Balaban J connectivity index is 1.42. The third kappa shape index (κ3) is 2.76. The molecule has 0 radical (unpaired) electrons. The Morgan fingerprint density at radius 2 is 2.21 bits per heavy atom. The minimum Gasteiger partial charge on any atom is -0.504 e. The summed E-state index contributed by atoms with van der Waals surface area (Å²) in [6.45, 7) is 0.388. The monoisotopic (exact) mass is 546 g/mol. The number of halogens is 1. The molecule has 3 heterocycles. The van der Waals surface area contributed by atoms with Gasteiger partial charge in [0.15, 0.2) is 11.5 Å². The van der Waals surface area contributed by atoms with Crippen LogP contribution in [0.5, 0.6) is 11.5 Å². The number of likely N-dealkylation sites (tertiary alicyclic amines) is 1. The molecule has 3 unspecified atom stereocenters. The molecule has 2 aliphatic heterocycles.